The van der Waals surface area contributed by atoms with Crippen LogP contribution in [0.15, 0.2) is 0 Å². The summed E-state index contributed by atoms with van der Waals surface area (Å²) in [4.78, 5) is 5.10. The maximum Gasteiger partial charge on any atom is 0.105 e. The fourth-order valence-corrected chi connectivity index (χ4v) is 3.40. The first kappa shape index (κ1) is 18.4. The molecule has 1 aliphatic heterocycles. The topological polar surface area (TPSA) is 42.3 Å². The number of hydrogen-bond acceptors (Lipinski definition) is 4. The minimum absolute atomic E-state index is 0.338. The first-order valence-corrected chi connectivity index (χ1v) is 8.41. The van der Waals surface area contributed by atoms with E-state index in [9.17, 15) is 5.26 Å². The van der Waals surface area contributed by atoms with Crippen LogP contribution < -0.4 is 5.32 Å². The minimum Gasteiger partial charge on any atom is -0.301 e. The summed E-state index contributed by atoms with van der Waals surface area (Å²) in [6, 6.07) is 3.25. The summed E-state index contributed by atoms with van der Waals surface area (Å²) >= 11 is 0. The summed E-state index contributed by atoms with van der Waals surface area (Å²) in [6.07, 6.45) is 0.881. The molecule has 1 fully saturated rings. The highest BCUT2D eigenvalue weighted by Gasteiger charge is 2.30. The highest BCUT2D eigenvalue weighted by molar-refractivity contribution is 5.06. The normalized spacial score (nSPS) is 22.2. The molecule has 2 atom stereocenters. The molecule has 21 heavy (non-hydrogen) atoms. The molecule has 1 heterocycles. The van der Waals surface area contributed by atoms with Crippen molar-refractivity contribution in [3.63, 3.8) is 0 Å². The van der Waals surface area contributed by atoms with Gasteiger partial charge in [-0.3, -0.25) is 10.2 Å². The summed E-state index contributed by atoms with van der Waals surface area (Å²) < 4.78 is 0. The Hall–Kier alpha value is -0.630. The molecule has 0 radical (unpaired) electrons. The summed E-state index contributed by atoms with van der Waals surface area (Å²) in [5.41, 5.74) is -0.428. The third-order valence-corrected chi connectivity index (χ3v) is 4.21. The number of hydrogen-bond donors (Lipinski definition) is 1. The van der Waals surface area contributed by atoms with Gasteiger partial charge < -0.3 is 4.90 Å². The first-order valence-electron chi connectivity index (χ1n) is 8.41. The van der Waals surface area contributed by atoms with Crippen molar-refractivity contribution in [3.05, 3.63) is 0 Å². The Bertz CT molecular complexity index is 339. The third kappa shape index (κ3) is 6.34. The van der Waals surface area contributed by atoms with E-state index in [-0.39, 0.29) is 0 Å². The molecule has 4 nitrogen and oxygen atoms in total. The van der Waals surface area contributed by atoms with Gasteiger partial charge in [0.05, 0.1) is 6.07 Å². The van der Waals surface area contributed by atoms with Crippen molar-refractivity contribution < 1.29 is 0 Å². The smallest absolute Gasteiger partial charge is 0.105 e. The predicted octanol–water partition coefficient (Wildman–Crippen LogP) is 2.32. The van der Waals surface area contributed by atoms with Crippen LogP contribution in [0.4, 0.5) is 0 Å². The molecule has 1 rings (SSSR count). The summed E-state index contributed by atoms with van der Waals surface area (Å²) in [7, 11) is 0. The van der Waals surface area contributed by atoms with E-state index in [4.69, 9.17) is 0 Å². The first-order chi connectivity index (χ1) is 9.75. The van der Waals surface area contributed by atoms with Crippen molar-refractivity contribution in [2.45, 2.75) is 65.6 Å². The molecule has 4 heteroatoms. The molecule has 0 aromatic rings. The zero-order valence-corrected chi connectivity index (χ0v) is 14.8. The van der Waals surface area contributed by atoms with E-state index in [0.717, 1.165) is 38.5 Å². The average molecular weight is 294 g/mol. The Morgan fingerprint density at radius 2 is 1.67 bits per heavy atom. The Balaban J connectivity index is 2.46. The van der Waals surface area contributed by atoms with Gasteiger partial charge in [-0.05, 0) is 40.0 Å². The number of rotatable bonds is 7. The zero-order valence-electron chi connectivity index (χ0n) is 14.8. The fraction of sp³-hybridized carbons (Fsp3) is 0.941. The molecule has 0 aromatic heterocycles. The van der Waals surface area contributed by atoms with Crippen molar-refractivity contribution in [2.24, 2.45) is 5.92 Å². The molecule has 1 N–H and O–H groups in total. The van der Waals surface area contributed by atoms with Crippen molar-refractivity contribution in [2.75, 3.05) is 32.7 Å². The number of nitrogens with one attached hydrogen (secondary N) is 1. The van der Waals surface area contributed by atoms with Crippen LogP contribution >= 0.6 is 0 Å². The van der Waals surface area contributed by atoms with E-state index < -0.39 is 5.54 Å². The van der Waals surface area contributed by atoms with Gasteiger partial charge >= 0.3 is 0 Å². The summed E-state index contributed by atoms with van der Waals surface area (Å²) in [5.74, 6) is 0.742. The van der Waals surface area contributed by atoms with Gasteiger partial charge in [0.1, 0.15) is 5.54 Å². The summed E-state index contributed by atoms with van der Waals surface area (Å²) in [6.45, 7) is 18.8. The van der Waals surface area contributed by atoms with Crippen molar-refractivity contribution in [3.8, 4) is 6.07 Å². The molecule has 122 valence electrons. The van der Waals surface area contributed by atoms with E-state index in [1.807, 2.05) is 6.92 Å². The molecular formula is C17H34N4. The SMILES string of the molecule is CC(C)CN1CCN(C(C)CC(C)(C#N)NC(C)C)CC1. The number of nitrogens with zero attached hydrogens (tertiary/aromatic N) is 3. The van der Waals surface area contributed by atoms with Gasteiger partial charge in [-0.25, -0.2) is 0 Å². The largest absolute Gasteiger partial charge is 0.301 e. The lowest BCUT2D eigenvalue weighted by Crippen LogP contribution is -2.54. The van der Waals surface area contributed by atoms with E-state index in [1.54, 1.807) is 0 Å². The van der Waals surface area contributed by atoms with Crippen LogP contribution in [-0.2, 0) is 0 Å². The second kappa shape index (κ2) is 8.12. The van der Waals surface area contributed by atoms with Crippen LogP contribution in [0.1, 0.15) is 48.0 Å². The van der Waals surface area contributed by atoms with Gasteiger partial charge in [0.15, 0.2) is 0 Å². The molecule has 0 aromatic carbocycles. The van der Waals surface area contributed by atoms with Crippen LogP contribution in [0.3, 0.4) is 0 Å². The third-order valence-electron chi connectivity index (χ3n) is 4.21. The summed E-state index contributed by atoms with van der Waals surface area (Å²) in [5, 5.41) is 12.9. The second-order valence-electron chi connectivity index (χ2n) is 7.53. The van der Waals surface area contributed by atoms with Crippen molar-refractivity contribution in [1.82, 2.24) is 15.1 Å². The van der Waals surface area contributed by atoms with Crippen LogP contribution in [0.5, 0.6) is 0 Å². The lowest BCUT2D eigenvalue weighted by Gasteiger charge is -2.40. The van der Waals surface area contributed by atoms with Gasteiger partial charge in [0.2, 0.25) is 0 Å². The molecule has 0 bridgehead atoms. The van der Waals surface area contributed by atoms with Gasteiger partial charge in [0, 0.05) is 44.8 Å². The highest BCUT2D eigenvalue weighted by Crippen LogP contribution is 2.18. The fourth-order valence-electron chi connectivity index (χ4n) is 3.40. The van der Waals surface area contributed by atoms with Gasteiger partial charge in [-0.2, -0.15) is 5.26 Å². The Morgan fingerprint density at radius 1 is 1.10 bits per heavy atom. The number of nitriles is 1. The maximum atomic E-state index is 9.48. The molecule has 0 aliphatic carbocycles. The minimum atomic E-state index is -0.428. The predicted molar refractivity (Wildman–Crippen MR) is 89.2 cm³/mol. The molecular weight excluding hydrogens is 260 g/mol. The molecule has 0 saturated carbocycles. The molecule has 1 saturated heterocycles. The second-order valence-corrected chi connectivity index (χ2v) is 7.53. The molecule has 1 aliphatic rings. The molecule has 0 amide bonds. The molecule has 0 spiro atoms. The molecule has 2 unspecified atom stereocenters. The van der Waals surface area contributed by atoms with E-state index in [2.05, 4.69) is 55.8 Å². The quantitative estimate of drug-likeness (QED) is 0.782. The monoisotopic (exact) mass is 294 g/mol. The zero-order chi connectivity index (χ0) is 16.0. The van der Waals surface area contributed by atoms with Crippen LogP contribution in [0.2, 0.25) is 0 Å². The Kier molecular flexibility index (Phi) is 7.12. The van der Waals surface area contributed by atoms with E-state index >= 15 is 0 Å². The van der Waals surface area contributed by atoms with E-state index in [1.165, 1.54) is 6.54 Å². The van der Waals surface area contributed by atoms with Gasteiger partial charge in [-0.15, -0.1) is 0 Å². The number of piperazine rings is 1. The highest BCUT2D eigenvalue weighted by atomic mass is 15.3. The van der Waals surface area contributed by atoms with Crippen molar-refractivity contribution >= 4 is 0 Å². The standard InChI is InChI=1S/C17H34N4/c1-14(2)12-20-7-9-21(10-8-20)16(5)11-17(6,13-18)19-15(3)4/h14-16,19H,7-12H2,1-6H3. The van der Waals surface area contributed by atoms with Crippen LogP contribution in [-0.4, -0.2) is 60.1 Å². The Labute approximate surface area is 131 Å². The average Bonchev–Trinajstić information content (AvgIpc) is 2.37. The van der Waals surface area contributed by atoms with Gasteiger partial charge in [-0.1, -0.05) is 13.8 Å². The lowest BCUT2D eigenvalue weighted by molar-refractivity contribution is 0.0836. The van der Waals surface area contributed by atoms with Gasteiger partial charge in [0.25, 0.3) is 0 Å². The van der Waals surface area contributed by atoms with E-state index in [0.29, 0.717) is 12.1 Å². The van der Waals surface area contributed by atoms with Crippen LogP contribution in [0.25, 0.3) is 0 Å². The lowest BCUT2D eigenvalue weighted by atomic mass is 9.93. The van der Waals surface area contributed by atoms with Crippen molar-refractivity contribution in [1.29, 1.82) is 5.26 Å². The Morgan fingerprint density at radius 3 is 2.10 bits per heavy atom. The van der Waals surface area contributed by atoms with Crippen LogP contribution in [0, 0.1) is 17.2 Å². The maximum absolute atomic E-state index is 9.48.